The highest BCUT2D eigenvalue weighted by atomic mass is 19.4. The fraction of sp³-hybridized carbons (Fsp3) is 0.500. The minimum atomic E-state index is -5.08. The molecule has 0 aromatic carbocycles. The molecule has 2 aromatic rings. The summed E-state index contributed by atoms with van der Waals surface area (Å²) in [7, 11) is 0. The van der Waals surface area contributed by atoms with Gasteiger partial charge in [0, 0.05) is 57.1 Å². The Kier molecular flexibility index (Phi) is 14.2. The molecule has 0 amide bonds. The molecule has 1 fully saturated rings. The number of alkyl halides is 9. The van der Waals surface area contributed by atoms with Crippen LogP contribution in [0.3, 0.4) is 0 Å². The van der Waals surface area contributed by atoms with E-state index in [1.54, 1.807) is 6.33 Å². The predicted molar refractivity (Wildman–Crippen MR) is 131 cm³/mol. The topological polar surface area (TPSA) is 157 Å². The number of carboxylic acid groups (broad SMARTS) is 3. The number of halogens is 9. The number of carboxylic acids is 3. The van der Waals surface area contributed by atoms with Crippen molar-refractivity contribution in [3.05, 3.63) is 47.7 Å². The van der Waals surface area contributed by atoms with Crippen molar-refractivity contribution in [3.63, 3.8) is 0 Å². The van der Waals surface area contributed by atoms with Gasteiger partial charge in [-0.15, -0.1) is 0 Å². The second-order valence-electron chi connectivity index (χ2n) is 8.86. The van der Waals surface area contributed by atoms with Gasteiger partial charge in [-0.1, -0.05) is 6.07 Å². The van der Waals surface area contributed by atoms with Crippen molar-refractivity contribution in [2.75, 3.05) is 31.1 Å². The molecule has 0 aliphatic carbocycles. The third kappa shape index (κ3) is 13.8. The zero-order valence-electron chi connectivity index (χ0n) is 22.5. The maximum atomic E-state index is 10.6. The van der Waals surface area contributed by atoms with E-state index in [2.05, 4.69) is 30.8 Å². The largest absolute Gasteiger partial charge is 0.490 e. The molecule has 20 heteroatoms. The third-order valence-corrected chi connectivity index (χ3v) is 5.62. The molecule has 0 radical (unpaired) electrons. The summed E-state index contributed by atoms with van der Waals surface area (Å²) in [5.74, 6) is -7.08. The van der Waals surface area contributed by atoms with Gasteiger partial charge in [-0.25, -0.2) is 24.4 Å². The molecule has 44 heavy (non-hydrogen) atoms. The van der Waals surface area contributed by atoms with Gasteiger partial charge in [0.15, 0.2) is 0 Å². The number of aromatic nitrogens is 3. The van der Waals surface area contributed by atoms with Gasteiger partial charge in [-0.2, -0.15) is 39.5 Å². The van der Waals surface area contributed by atoms with Crippen LogP contribution < -0.4 is 4.90 Å². The molecule has 1 saturated heterocycles. The number of rotatable bonds is 3. The van der Waals surface area contributed by atoms with Crippen LogP contribution in [0, 0.1) is 0 Å². The van der Waals surface area contributed by atoms with E-state index in [1.165, 1.54) is 35.5 Å². The van der Waals surface area contributed by atoms with Gasteiger partial charge in [-0.3, -0.25) is 9.88 Å². The molecule has 2 aromatic heterocycles. The van der Waals surface area contributed by atoms with Gasteiger partial charge < -0.3 is 20.2 Å². The molecule has 0 atom stereocenters. The summed E-state index contributed by atoms with van der Waals surface area (Å²) in [5, 5.41) is 21.4. The van der Waals surface area contributed by atoms with Crippen LogP contribution in [0.15, 0.2) is 30.9 Å². The Morgan fingerprint density at radius 3 is 1.66 bits per heavy atom. The molecule has 0 unspecified atom stereocenters. The van der Waals surface area contributed by atoms with Crippen molar-refractivity contribution in [1.82, 2.24) is 19.9 Å². The lowest BCUT2D eigenvalue weighted by atomic mass is 10.1. The first kappa shape index (κ1) is 37.8. The first-order chi connectivity index (χ1) is 20.2. The zero-order chi connectivity index (χ0) is 33.7. The SMILES string of the molecule is O=C(O)C(F)(F)F.O=C(O)C(F)(F)F.O=C(O)C(F)(F)F.c1cncc(CN2CCc3ncnc(N4CCCC4)c3CC2)c1. The number of pyridine rings is 1. The lowest BCUT2D eigenvalue weighted by molar-refractivity contribution is -0.193. The van der Waals surface area contributed by atoms with Crippen molar-refractivity contribution in [1.29, 1.82) is 0 Å². The van der Waals surface area contributed by atoms with Crippen LogP contribution in [0.2, 0.25) is 0 Å². The van der Waals surface area contributed by atoms with E-state index in [0.717, 1.165) is 45.6 Å². The maximum absolute atomic E-state index is 10.6. The highest BCUT2D eigenvalue weighted by Gasteiger charge is 2.39. The summed E-state index contributed by atoms with van der Waals surface area (Å²) in [4.78, 5) is 45.0. The highest BCUT2D eigenvalue weighted by Crippen LogP contribution is 2.26. The number of fused-ring (bicyclic) bond motifs is 1. The van der Waals surface area contributed by atoms with E-state index in [9.17, 15) is 39.5 Å². The van der Waals surface area contributed by atoms with Gasteiger partial charge in [0.25, 0.3) is 0 Å². The summed E-state index contributed by atoms with van der Waals surface area (Å²) in [5.41, 5.74) is 3.91. The minimum absolute atomic E-state index is 0.967. The molecule has 3 N–H and O–H groups in total. The van der Waals surface area contributed by atoms with Crippen LogP contribution >= 0.6 is 0 Å². The van der Waals surface area contributed by atoms with E-state index < -0.39 is 36.4 Å². The molecule has 246 valence electrons. The van der Waals surface area contributed by atoms with Crippen molar-refractivity contribution < 1.29 is 69.2 Å². The predicted octanol–water partition coefficient (Wildman–Crippen LogP) is 3.97. The second kappa shape index (κ2) is 16.6. The molecule has 2 aliphatic heterocycles. The Bertz CT molecular complexity index is 1160. The average molecular weight is 651 g/mol. The highest BCUT2D eigenvalue weighted by molar-refractivity contribution is 5.73. The summed E-state index contributed by atoms with van der Waals surface area (Å²) >= 11 is 0. The van der Waals surface area contributed by atoms with Crippen LogP contribution in [0.1, 0.15) is 29.7 Å². The fourth-order valence-corrected chi connectivity index (χ4v) is 3.66. The third-order valence-electron chi connectivity index (χ3n) is 5.62. The van der Waals surface area contributed by atoms with E-state index in [0.29, 0.717) is 0 Å². The molecule has 0 bridgehead atoms. The molecule has 4 heterocycles. The first-order valence-electron chi connectivity index (χ1n) is 12.3. The van der Waals surface area contributed by atoms with Crippen LogP contribution in [0.5, 0.6) is 0 Å². The Morgan fingerprint density at radius 2 is 1.23 bits per heavy atom. The number of hydrogen-bond donors (Lipinski definition) is 3. The molecular formula is C24H26F9N5O6. The standard InChI is InChI=1S/C18H23N5.3C2HF3O2/c1-2-9-23(8-1)18-16-5-10-22(11-6-17(16)20-14-21-18)13-15-4-3-7-19-12-15;3*3-2(4,5)1(6)7/h3-4,7,12,14H,1-2,5-6,8-11,13H2;3*(H,6,7). The zero-order valence-corrected chi connectivity index (χ0v) is 22.5. The first-order valence-corrected chi connectivity index (χ1v) is 12.3. The molecule has 0 saturated carbocycles. The normalized spacial score (nSPS) is 15.2. The Hall–Kier alpha value is -4.23. The van der Waals surface area contributed by atoms with E-state index >= 15 is 0 Å². The molecule has 11 nitrogen and oxygen atoms in total. The quantitative estimate of drug-likeness (QED) is 0.413. The van der Waals surface area contributed by atoms with Gasteiger partial charge in [-0.05, 0) is 30.9 Å². The minimum Gasteiger partial charge on any atom is -0.475 e. The van der Waals surface area contributed by atoms with E-state index in [-0.39, 0.29) is 0 Å². The van der Waals surface area contributed by atoms with Crippen LogP contribution in [0.4, 0.5) is 45.3 Å². The molecular weight excluding hydrogens is 625 g/mol. The van der Waals surface area contributed by atoms with Gasteiger partial charge in [0.1, 0.15) is 12.1 Å². The van der Waals surface area contributed by atoms with E-state index in [4.69, 9.17) is 29.7 Å². The average Bonchev–Trinajstić information content (AvgIpc) is 3.37. The monoisotopic (exact) mass is 651 g/mol. The summed E-state index contributed by atoms with van der Waals surface area (Å²) in [6, 6.07) is 4.17. The van der Waals surface area contributed by atoms with Crippen molar-refractivity contribution in [2.24, 2.45) is 0 Å². The number of aliphatic carboxylic acids is 3. The van der Waals surface area contributed by atoms with Gasteiger partial charge >= 0.3 is 36.4 Å². The van der Waals surface area contributed by atoms with Gasteiger partial charge in [0.2, 0.25) is 0 Å². The maximum Gasteiger partial charge on any atom is 0.490 e. The van der Waals surface area contributed by atoms with Gasteiger partial charge in [0.05, 0.1) is 5.69 Å². The Balaban J connectivity index is 0.000000379. The smallest absolute Gasteiger partial charge is 0.475 e. The molecule has 2 aliphatic rings. The lowest BCUT2D eigenvalue weighted by Gasteiger charge is -2.21. The number of nitrogens with zero attached hydrogens (tertiary/aromatic N) is 5. The van der Waals surface area contributed by atoms with Crippen LogP contribution in [-0.2, 0) is 33.8 Å². The number of carbonyl (C=O) groups is 3. The van der Waals surface area contributed by atoms with Crippen LogP contribution in [0.25, 0.3) is 0 Å². The second-order valence-corrected chi connectivity index (χ2v) is 8.86. The number of anilines is 1. The Morgan fingerprint density at radius 1 is 0.750 bits per heavy atom. The summed E-state index contributed by atoms with van der Waals surface area (Å²) in [6.45, 7) is 5.37. The molecule has 0 spiro atoms. The van der Waals surface area contributed by atoms with Crippen LogP contribution in [-0.4, -0.2) is 97.8 Å². The van der Waals surface area contributed by atoms with Crippen molar-refractivity contribution >= 4 is 23.7 Å². The number of hydrogen-bond acceptors (Lipinski definition) is 8. The summed E-state index contributed by atoms with van der Waals surface area (Å²) < 4.78 is 95.2. The van der Waals surface area contributed by atoms with Crippen molar-refractivity contribution in [2.45, 2.75) is 50.8 Å². The summed E-state index contributed by atoms with van der Waals surface area (Å²) in [6.07, 6.45) is -5.07. The fourth-order valence-electron chi connectivity index (χ4n) is 3.66. The van der Waals surface area contributed by atoms with Crippen molar-refractivity contribution in [3.8, 4) is 0 Å². The Labute approximate surface area is 243 Å². The molecule has 4 rings (SSSR count). The van der Waals surface area contributed by atoms with E-state index in [1.807, 2.05) is 18.5 Å². The lowest BCUT2D eigenvalue weighted by Crippen LogP contribution is -2.26.